The van der Waals surface area contributed by atoms with Crippen LogP contribution in [0.15, 0.2) is 53.0 Å². The predicted molar refractivity (Wildman–Crippen MR) is 151 cm³/mol. The average molecular weight is 589 g/mol. The molecule has 204 valence electrons. The van der Waals surface area contributed by atoms with Gasteiger partial charge in [-0.25, -0.2) is 9.18 Å². The van der Waals surface area contributed by atoms with Crippen molar-refractivity contribution in [3.05, 3.63) is 75.6 Å². The molecule has 0 aliphatic heterocycles. The van der Waals surface area contributed by atoms with Crippen molar-refractivity contribution in [3.8, 4) is 16.9 Å². The molecule has 0 radical (unpaired) electrons. The van der Waals surface area contributed by atoms with Gasteiger partial charge in [0.25, 0.3) is 0 Å². The maximum Gasteiger partial charge on any atom is 0.341 e. The number of amides is 1. The predicted octanol–water partition coefficient (Wildman–Crippen LogP) is 6.78. The standard InChI is InChI=1S/C27H26ClFN4O4S2/c1-5-33-24(16(3)37-21-11-10-18(29)12-20(21)28)31-32-27(33)39-14-22(34)30-25-23(26(35)36-4)19(13-38-25)17-8-6-15(2)7-9-17/h6-13,16H,5,14H2,1-4H3,(H,30,34). The van der Waals surface area contributed by atoms with Crippen LogP contribution in [-0.4, -0.2) is 39.5 Å². The first-order valence-electron chi connectivity index (χ1n) is 12.0. The van der Waals surface area contributed by atoms with Crippen molar-refractivity contribution in [3.63, 3.8) is 0 Å². The number of anilines is 1. The number of thioether (sulfide) groups is 1. The molecule has 0 spiro atoms. The van der Waals surface area contributed by atoms with Crippen molar-refractivity contribution in [2.45, 2.75) is 38.6 Å². The van der Waals surface area contributed by atoms with Gasteiger partial charge in [-0.3, -0.25) is 4.79 Å². The normalized spacial score (nSPS) is 11.7. The maximum absolute atomic E-state index is 13.4. The number of benzene rings is 2. The molecular weight excluding hydrogens is 563 g/mol. The van der Waals surface area contributed by atoms with Crippen molar-refractivity contribution < 1.29 is 23.5 Å². The molecule has 1 amide bonds. The smallest absolute Gasteiger partial charge is 0.341 e. The number of methoxy groups -OCH3 is 1. The van der Waals surface area contributed by atoms with Crippen molar-refractivity contribution >= 4 is 51.6 Å². The molecule has 0 saturated heterocycles. The lowest BCUT2D eigenvalue weighted by Crippen LogP contribution is -2.17. The van der Waals surface area contributed by atoms with Gasteiger partial charge in [-0.2, -0.15) is 0 Å². The molecule has 12 heteroatoms. The number of carbonyl (C=O) groups excluding carboxylic acids is 2. The topological polar surface area (TPSA) is 95.3 Å². The molecule has 2 aromatic carbocycles. The number of carbonyl (C=O) groups is 2. The van der Waals surface area contributed by atoms with Crippen LogP contribution in [0.4, 0.5) is 9.39 Å². The molecule has 8 nitrogen and oxygen atoms in total. The van der Waals surface area contributed by atoms with Crippen LogP contribution in [0, 0.1) is 12.7 Å². The number of halogens is 2. The fourth-order valence-electron chi connectivity index (χ4n) is 3.81. The van der Waals surface area contributed by atoms with Gasteiger partial charge >= 0.3 is 5.97 Å². The molecule has 2 heterocycles. The Kier molecular flexibility index (Phi) is 9.26. The van der Waals surface area contributed by atoms with Crippen molar-refractivity contribution in [1.29, 1.82) is 0 Å². The largest absolute Gasteiger partial charge is 0.481 e. The van der Waals surface area contributed by atoms with Gasteiger partial charge in [0.1, 0.15) is 22.1 Å². The van der Waals surface area contributed by atoms with Gasteiger partial charge in [-0.15, -0.1) is 21.5 Å². The summed E-state index contributed by atoms with van der Waals surface area (Å²) in [7, 11) is 1.31. The molecule has 0 aliphatic carbocycles. The summed E-state index contributed by atoms with van der Waals surface area (Å²) >= 11 is 8.56. The lowest BCUT2D eigenvalue weighted by atomic mass is 10.0. The molecule has 0 aliphatic rings. The summed E-state index contributed by atoms with van der Waals surface area (Å²) in [5.74, 6) is -0.393. The van der Waals surface area contributed by atoms with Crippen molar-refractivity contribution in [1.82, 2.24) is 14.8 Å². The Balaban J connectivity index is 1.46. The SMILES string of the molecule is CCn1c(SCC(=O)Nc2scc(-c3ccc(C)cc3)c2C(=O)OC)nnc1C(C)Oc1ccc(F)cc1Cl. The van der Waals surface area contributed by atoms with Crippen LogP contribution in [-0.2, 0) is 16.1 Å². The van der Waals surface area contributed by atoms with E-state index in [4.69, 9.17) is 21.1 Å². The van der Waals surface area contributed by atoms with Gasteiger partial charge in [0.2, 0.25) is 5.91 Å². The summed E-state index contributed by atoms with van der Waals surface area (Å²) in [4.78, 5) is 25.5. The van der Waals surface area contributed by atoms with E-state index in [0.29, 0.717) is 39.4 Å². The summed E-state index contributed by atoms with van der Waals surface area (Å²) in [5.41, 5.74) is 2.96. The summed E-state index contributed by atoms with van der Waals surface area (Å²) < 4.78 is 26.1. The second-order valence-electron chi connectivity index (χ2n) is 8.47. The van der Waals surface area contributed by atoms with Crippen molar-refractivity contribution in [2.24, 2.45) is 0 Å². The van der Waals surface area contributed by atoms with E-state index in [1.807, 2.05) is 48.1 Å². The van der Waals surface area contributed by atoms with Gasteiger partial charge in [0.05, 0.1) is 17.9 Å². The first-order valence-corrected chi connectivity index (χ1v) is 14.2. The molecule has 0 saturated carbocycles. The summed E-state index contributed by atoms with van der Waals surface area (Å²) in [6, 6.07) is 11.7. The lowest BCUT2D eigenvalue weighted by molar-refractivity contribution is -0.113. The van der Waals surface area contributed by atoms with E-state index in [1.165, 1.54) is 48.4 Å². The van der Waals surface area contributed by atoms with E-state index in [2.05, 4.69) is 15.5 Å². The molecule has 1 atom stereocenters. The maximum atomic E-state index is 13.4. The van der Waals surface area contributed by atoms with Crippen LogP contribution < -0.4 is 10.1 Å². The molecule has 1 unspecified atom stereocenters. The van der Waals surface area contributed by atoms with E-state index in [-0.39, 0.29) is 16.7 Å². The number of aromatic nitrogens is 3. The summed E-state index contributed by atoms with van der Waals surface area (Å²) in [6.45, 7) is 6.23. The van der Waals surface area contributed by atoms with E-state index >= 15 is 0 Å². The number of rotatable bonds is 10. The van der Waals surface area contributed by atoms with Gasteiger partial charge < -0.3 is 19.4 Å². The summed E-state index contributed by atoms with van der Waals surface area (Å²) in [5, 5.41) is 14.2. The van der Waals surface area contributed by atoms with Crippen LogP contribution in [0.25, 0.3) is 11.1 Å². The van der Waals surface area contributed by atoms with Crippen LogP contribution in [0.5, 0.6) is 5.75 Å². The lowest BCUT2D eigenvalue weighted by Gasteiger charge is -2.16. The molecule has 1 N–H and O–H groups in total. The Labute approximate surface area is 238 Å². The Morgan fingerprint density at radius 1 is 1.21 bits per heavy atom. The first-order chi connectivity index (χ1) is 18.7. The minimum Gasteiger partial charge on any atom is -0.481 e. The highest BCUT2D eigenvalue weighted by Gasteiger charge is 2.24. The number of aryl methyl sites for hydroxylation is 1. The Bertz CT molecular complexity index is 1490. The molecule has 0 bridgehead atoms. The summed E-state index contributed by atoms with van der Waals surface area (Å²) in [6.07, 6.45) is -0.530. The van der Waals surface area contributed by atoms with E-state index in [0.717, 1.165) is 11.1 Å². The molecule has 0 fully saturated rings. The number of nitrogens with zero attached hydrogens (tertiary/aromatic N) is 3. The fourth-order valence-corrected chi connectivity index (χ4v) is 5.81. The first kappa shape index (κ1) is 28.6. The highest BCUT2D eigenvalue weighted by atomic mass is 35.5. The van der Waals surface area contributed by atoms with E-state index in [9.17, 15) is 14.0 Å². The fraction of sp³-hybridized carbons (Fsp3) is 0.259. The minimum absolute atomic E-state index is 0.0372. The number of esters is 1. The number of hydrogen-bond acceptors (Lipinski definition) is 8. The van der Waals surface area contributed by atoms with E-state index < -0.39 is 17.9 Å². The van der Waals surface area contributed by atoms with Gasteiger partial charge in [-0.05, 0) is 44.5 Å². The third-order valence-corrected chi connectivity index (χ3v) is 7.91. The van der Waals surface area contributed by atoms with Gasteiger partial charge in [0, 0.05) is 17.5 Å². The number of ether oxygens (including phenoxy) is 2. The van der Waals surface area contributed by atoms with Crippen LogP contribution in [0.2, 0.25) is 5.02 Å². The zero-order valence-electron chi connectivity index (χ0n) is 21.7. The highest BCUT2D eigenvalue weighted by Crippen LogP contribution is 2.36. The van der Waals surface area contributed by atoms with Crippen molar-refractivity contribution in [2.75, 3.05) is 18.2 Å². The third kappa shape index (κ3) is 6.60. The second-order valence-corrected chi connectivity index (χ2v) is 10.7. The zero-order chi connectivity index (χ0) is 28.1. The Morgan fingerprint density at radius 3 is 2.62 bits per heavy atom. The Morgan fingerprint density at radius 2 is 1.95 bits per heavy atom. The van der Waals surface area contributed by atoms with Gasteiger partial charge in [0.15, 0.2) is 17.1 Å². The molecule has 4 rings (SSSR count). The molecule has 39 heavy (non-hydrogen) atoms. The molecule has 4 aromatic rings. The van der Waals surface area contributed by atoms with Crippen LogP contribution >= 0.6 is 34.7 Å². The van der Waals surface area contributed by atoms with Crippen LogP contribution in [0.1, 0.15) is 41.7 Å². The monoisotopic (exact) mass is 588 g/mol. The molecular formula is C27H26ClFN4O4S2. The number of hydrogen-bond donors (Lipinski definition) is 1. The van der Waals surface area contributed by atoms with E-state index in [1.54, 1.807) is 6.92 Å². The van der Waals surface area contributed by atoms with Crippen LogP contribution in [0.3, 0.4) is 0 Å². The second kappa shape index (κ2) is 12.6. The molecule has 2 aromatic heterocycles. The Hall–Kier alpha value is -3.41. The minimum atomic E-state index is -0.530. The average Bonchev–Trinajstić information content (AvgIpc) is 3.53. The quantitative estimate of drug-likeness (QED) is 0.161. The van der Waals surface area contributed by atoms with Gasteiger partial charge in [-0.1, -0.05) is 53.2 Å². The highest BCUT2D eigenvalue weighted by molar-refractivity contribution is 7.99. The number of thiophene rings is 1. The zero-order valence-corrected chi connectivity index (χ0v) is 24.0. The third-order valence-electron chi connectivity index (χ3n) is 5.75. The number of nitrogens with one attached hydrogen (secondary N) is 1.